The van der Waals surface area contributed by atoms with E-state index >= 15 is 0 Å². The molecule has 4 fully saturated rings. The van der Waals surface area contributed by atoms with Crippen LogP contribution in [0.3, 0.4) is 0 Å². The topological polar surface area (TPSA) is 47.8 Å². The van der Waals surface area contributed by atoms with Gasteiger partial charge in [-0.3, -0.25) is 4.79 Å². The molecule has 1 aromatic heterocycles. The van der Waals surface area contributed by atoms with Gasteiger partial charge < -0.3 is 4.57 Å². The summed E-state index contributed by atoms with van der Waals surface area (Å²) < 4.78 is 2.03. The molecule has 160 valence electrons. The number of Topliss-reactive ketones (excluding diaryl/α,β-unsaturated/α-hetero) is 1. The molecule has 4 saturated carbocycles. The highest BCUT2D eigenvalue weighted by Crippen LogP contribution is 2.60. The average molecular weight is 424 g/mol. The van der Waals surface area contributed by atoms with Crippen molar-refractivity contribution in [2.24, 2.45) is 30.2 Å². The number of thioether (sulfide) groups is 1. The van der Waals surface area contributed by atoms with Gasteiger partial charge in [0, 0.05) is 18.0 Å². The van der Waals surface area contributed by atoms with Gasteiger partial charge in [-0.2, -0.15) is 0 Å². The molecule has 0 atom stereocenters. The van der Waals surface area contributed by atoms with Crippen LogP contribution in [-0.4, -0.2) is 26.3 Å². The summed E-state index contributed by atoms with van der Waals surface area (Å²) in [6, 6.07) is 8.60. The Balaban J connectivity index is 1.28. The number of carbonyl (C=O) groups is 1. The molecule has 4 aliphatic rings. The molecule has 1 aromatic carbocycles. The Morgan fingerprint density at radius 1 is 1.03 bits per heavy atom. The van der Waals surface area contributed by atoms with Gasteiger partial charge in [0.2, 0.25) is 0 Å². The first-order valence-electron chi connectivity index (χ1n) is 11.4. The predicted molar refractivity (Wildman–Crippen MR) is 121 cm³/mol. The maximum atomic E-state index is 13.3. The zero-order valence-electron chi connectivity index (χ0n) is 18.6. The molecule has 0 radical (unpaired) electrons. The average Bonchev–Trinajstić information content (AvgIpc) is 3.05. The van der Waals surface area contributed by atoms with E-state index in [4.69, 9.17) is 0 Å². The molecule has 6 rings (SSSR count). The van der Waals surface area contributed by atoms with Crippen LogP contribution in [0.15, 0.2) is 29.4 Å². The Labute approximate surface area is 184 Å². The third-order valence-electron chi connectivity index (χ3n) is 7.81. The van der Waals surface area contributed by atoms with Crippen molar-refractivity contribution in [3.8, 4) is 11.4 Å². The Morgan fingerprint density at radius 2 is 1.60 bits per heavy atom. The fourth-order valence-corrected chi connectivity index (χ4v) is 7.49. The van der Waals surface area contributed by atoms with E-state index in [2.05, 4.69) is 55.2 Å². The predicted octanol–water partition coefficient (Wildman–Crippen LogP) is 5.66. The fraction of sp³-hybridized carbons (Fsp3) is 0.640. The molecule has 2 aromatic rings. The Bertz CT molecular complexity index is 918. The van der Waals surface area contributed by atoms with E-state index in [0.717, 1.165) is 53.6 Å². The van der Waals surface area contributed by atoms with E-state index in [1.807, 2.05) is 11.6 Å². The van der Waals surface area contributed by atoms with Crippen molar-refractivity contribution in [1.29, 1.82) is 0 Å². The van der Waals surface area contributed by atoms with E-state index in [-0.39, 0.29) is 10.8 Å². The van der Waals surface area contributed by atoms with Gasteiger partial charge in [-0.15, -0.1) is 10.2 Å². The second-order valence-corrected chi connectivity index (χ2v) is 12.0. The van der Waals surface area contributed by atoms with Gasteiger partial charge in [0.1, 0.15) is 5.78 Å². The van der Waals surface area contributed by atoms with E-state index < -0.39 is 0 Å². The third kappa shape index (κ3) is 3.53. The summed E-state index contributed by atoms with van der Waals surface area (Å²) >= 11 is 1.57. The number of carbonyl (C=O) groups excluding carboxylic acids is 1. The lowest BCUT2D eigenvalue weighted by atomic mass is 9.48. The maximum Gasteiger partial charge on any atom is 0.191 e. The molecule has 0 unspecified atom stereocenters. The molecule has 0 saturated heterocycles. The molecule has 0 aliphatic heterocycles. The largest absolute Gasteiger partial charge is 0.305 e. The molecular formula is C25H33N3OS. The van der Waals surface area contributed by atoms with Crippen LogP contribution >= 0.6 is 11.8 Å². The number of nitrogens with zero attached hydrogens (tertiary/aromatic N) is 3. The van der Waals surface area contributed by atoms with E-state index in [1.54, 1.807) is 11.8 Å². The quantitative estimate of drug-likeness (QED) is 0.583. The van der Waals surface area contributed by atoms with Gasteiger partial charge in [-0.25, -0.2) is 0 Å². The lowest BCUT2D eigenvalue weighted by Crippen LogP contribution is -2.50. The van der Waals surface area contributed by atoms with Gasteiger partial charge >= 0.3 is 0 Å². The number of hydrogen-bond donors (Lipinski definition) is 0. The van der Waals surface area contributed by atoms with Crippen molar-refractivity contribution in [1.82, 2.24) is 14.8 Å². The van der Waals surface area contributed by atoms with Crippen LogP contribution in [-0.2, 0) is 17.3 Å². The van der Waals surface area contributed by atoms with Gasteiger partial charge in [0.05, 0.1) is 5.75 Å². The van der Waals surface area contributed by atoms with Gasteiger partial charge in [-0.05, 0) is 67.3 Å². The van der Waals surface area contributed by atoms with Crippen LogP contribution in [0.5, 0.6) is 0 Å². The SMILES string of the molecule is Cn1c(SCC(=O)C23CC4CC(CC(C4)C2)C3)nnc1-c1ccc(C(C)(C)C)cc1. The van der Waals surface area contributed by atoms with Crippen LogP contribution in [0.25, 0.3) is 11.4 Å². The van der Waals surface area contributed by atoms with Crippen molar-refractivity contribution in [3.63, 3.8) is 0 Å². The zero-order valence-corrected chi connectivity index (χ0v) is 19.5. The smallest absolute Gasteiger partial charge is 0.191 e. The number of benzene rings is 1. The molecule has 0 N–H and O–H groups in total. The van der Waals surface area contributed by atoms with Crippen LogP contribution in [0.1, 0.15) is 64.9 Å². The van der Waals surface area contributed by atoms with Crippen LogP contribution in [0.2, 0.25) is 0 Å². The lowest BCUT2D eigenvalue weighted by Gasteiger charge is -2.56. The number of aromatic nitrogens is 3. The standard InChI is InChI=1S/C25H33N3OS/c1-24(2,3)20-7-5-19(6-8-20)22-26-27-23(28(22)4)30-15-21(29)25-12-16-9-17(13-25)11-18(10-16)14-25/h5-8,16-18H,9-15H2,1-4H3. The summed E-state index contributed by atoms with van der Waals surface area (Å²) in [6.45, 7) is 6.67. The molecule has 0 spiro atoms. The maximum absolute atomic E-state index is 13.3. The molecule has 30 heavy (non-hydrogen) atoms. The lowest BCUT2D eigenvalue weighted by molar-refractivity contribution is -0.141. The normalized spacial score (nSPS) is 30.1. The summed E-state index contributed by atoms with van der Waals surface area (Å²) in [4.78, 5) is 13.3. The summed E-state index contributed by atoms with van der Waals surface area (Å²) in [5.41, 5.74) is 2.49. The first kappa shape index (κ1) is 20.3. The highest BCUT2D eigenvalue weighted by Gasteiger charge is 2.54. The first-order valence-corrected chi connectivity index (χ1v) is 12.4. The Morgan fingerprint density at radius 3 is 2.13 bits per heavy atom. The second-order valence-electron chi connectivity index (χ2n) is 11.1. The molecular weight excluding hydrogens is 390 g/mol. The van der Waals surface area contributed by atoms with Crippen molar-refractivity contribution in [3.05, 3.63) is 29.8 Å². The minimum atomic E-state index is -0.0219. The minimum Gasteiger partial charge on any atom is -0.305 e. The molecule has 0 amide bonds. The third-order valence-corrected chi connectivity index (χ3v) is 8.83. The Hall–Kier alpha value is -1.62. The zero-order chi connectivity index (χ0) is 21.1. The van der Waals surface area contributed by atoms with Crippen molar-refractivity contribution in [2.75, 3.05) is 5.75 Å². The monoisotopic (exact) mass is 423 g/mol. The van der Waals surface area contributed by atoms with Crippen LogP contribution in [0.4, 0.5) is 0 Å². The fourth-order valence-electron chi connectivity index (χ4n) is 6.55. The number of hydrogen-bond acceptors (Lipinski definition) is 4. The van der Waals surface area contributed by atoms with Crippen molar-refractivity contribution in [2.45, 2.75) is 69.9 Å². The summed E-state index contributed by atoms with van der Waals surface area (Å²) in [5.74, 6) is 4.28. The van der Waals surface area contributed by atoms with Crippen molar-refractivity contribution < 1.29 is 4.79 Å². The second kappa shape index (κ2) is 7.22. The molecule has 1 heterocycles. The minimum absolute atomic E-state index is 0.0219. The molecule has 4 nitrogen and oxygen atoms in total. The molecule has 4 bridgehead atoms. The molecule has 5 heteroatoms. The van der Waals surface area contributed by atoms with E-state index in [1.165, 1.54) is 24.8 Å². The van der Waals surface area contributed by atoms with E-state index in [9.17, 15) is 4.79 Å². The van der Waals surface area contributed by atoms with Crippen LogP contribution in [0, 0.1) is 23.2 Å². The van der Waals surface area contributed by atoms with Gasteiger partial charge in [0.25, 0.3) is 0 Å². The Kier molecular flexibility index (Phi) is 4.88. The summed E-state index contributed by atoms with van der Waals surface area (Å²) in [6.07, 6.45) is 7.55. The highest BCUT2D eigenvalue weighted by atomic mass is 32.2. The van der Waals surface area contributed by atoms with E-state index in [0.29, 0.717) is 11.5 Å². The number of rotatable bonds is 5. The first-order chi connectivity index (χ1) is 14.2. The summed E-state index contributed by atoms with van der Waals surface area (Å²) in [5, 5.41) is 9.67. The highest BCUT2D eigenvalue weighted by molar-refractivity contribution is 7.99. The summed E-state index contributed by atoms with van der Waals surface area (Å²) in [7, 11) is 2.00. The van der Waals surface area contributed by atoms with Crippen LogP contribution < -0.4 is 0 Å². The number of ketones is 1. The van der Waals surface area contributed by atoms with Gasteiger partial charge in [-0.1, -0.05) is 56.8 Å². The molecule has 4 aliphatic carbocycles. The van der Waals surface area contributed by atoms with Gasteiger partial charge in [0.15, 0.2) is 11.0 Å². The van der Waals surface area contributed by atoms with Crippen molar-refractivity contribution >= 4 is 17.5 Å².